The van der Waals surface area contributed by atoms with Crippen molar-refractivity contribution in [3.05, 3.63) is 58.2 Å². The maximum Gasteiger partial charge on any atom is 0.229 e. The average Bonchev–Trinajstić information content (AvgIpc) is 3.18. The fourth-order valence-corrected chi connectivity index (χ4v) is 4.22. The summed E-state index contributed by atoms with van der Waals surface area (Å²) in [7, 11) is 0. The molecule has 2 unspecified atom stereocenters. The maximum atomic E-state index is 13.1. The monoisotopic (exact) mass is 405 g/mol. The molecule has 0 spiro atoms. The Morgan fingerprint density at radius 2 is 1.85 bits per heavy atom. The van der Waals surface area contributed by atoms with Crippen LogP contribution < -0.4 is 15.8 Å². The molecular formula is C19H21Cl2N5O. The molecular weight excluding hydrogens is 385 g/mol. The van der Waals surface area contributed by atoms with Crippen molar-refractivity contribution in [3.63, 3.8) is 0 Å². The second kappa shape index (κ2) is 8.02. The van der Waals surface area contributed by atoms with Crippen molar-refractivity contribution in [2.45, 2.75) is 6.04 Å². The van der Waals surface area contributed by atoms with Crippen LogP contribution in [0.25, 0.3) is 0 Å². The van der Waals surface area contributed by atoms with E-state index in [0.717, 1.165) is 11.4 Å². The summed E-state index contributed by atoms with van der Waals surface area (Å²) in [6.45, 7) is 3.32. The fraction of sp³-hybridized carbons (Fsp3) is 0.368. The largest absolute Gasteiger partial charge is 0.352 e. The molecule has 0 aliphatic carbocycles. The van der Waals surface area contributed by atoms with E-state index < -0.39 is 0 Å². The van der Waals surface area contributed by atoms with Gasteiger partial charge in [-0.3, -0.25) is 10.2 Å². The van der Waals surface area contributed by atoms with Crippen LogP contribution in [0, 0.1) is 5.92 Å². The molecule has 1 amide bonds. The Balaban J connectivity index is 1.41. The van der Waals surface area contributed by atoms with Gasteiger partial charge in [-0.15, -0.1) is 0 Å². The van der Waals surface area contributed by atoms with Crippen molar-refractivity contribution in [3.8, 4) is 0 Å². The van der Waals surface area contributed by atoms with Gasteiger partial charge in [0.25, 0.3) is 0 Å². The van der Waals surface area contributed by atoms with E-state index in [1.54, 1.807) is 12.3 Å². The molecule has 8 heteroatoms. The lowest BCUT2D eigenvalue weighted by Gasteiger charge is -2.37. The molecule has 0 radical (unpaired) electrons. The van der Waals surface area contributed by atoms with Crippen LogP contribution in [-0.4, -0.2) is 48.5 Å². The molecule has 4 rings (SSSR count). The molecule has 6 nitrogen and oxygen atoms in total. The molecule has 1 aromatic heterocycles. The zero-order valence-corrected chi connectivity index (χ0v) is 16.2. The summed E-state index contributed by atoms with van der Waals surface area (Å²) in [5.74, 6) is 0.784. The fourth-order valence-electron chi connectivity index (χ4n) is 3.72. The summed E-state index contributed by atoms with van der Waals surface area (Å²) in [6.07, 6.45) is 1.60. The van der Waals surface area contributed by atoms with Crippen LogP contribution in [0.1, 0.15) is 11.6 Å². The Hall–Kier alpha value is -1.86. The first-order valence-electron chi connectivity index (χ1n) is 9.01. The third-order valence-corrected chi connectivity index (χ3v) is 5.62. The molecule has 1 aromatic carbocycles. The van der Waals surface area contributed by atoms with Gasteiger partial charge in [0.2, 0.25) is 5.91 Å². The molecule has 142 valence electrons. The lowest BCUT2D eigenvalue weighted by atomic mass is 9.93. The molecule has 2 aromatic rings. The van der Waals surface area contributed by atoms with Gasteiger partial charge in [0.05, 0.1) is 22.0 Å². The number of carbonyl (C=O) groups is 1. The summed E-state index contributed by atoms with van der Waals surface area (Å²) in [5.41, 5.74) is 7.50. The zero-order valence-electron chi connectivity index (χ0n) is 14.7. The number of pyridine rings is 1. The van der Waals surface area contributed by atoms with E-state index in [2.05, 4.69) is 32.9 Å². The second-order valence-electron chi connectivity index (χ2n) is 6.79. The molecule has 0 bridgehead atoms. The van der Waals surface area contributed by atoms with E-state index in [0.29, 0.717) is 42.8 Å². The number of amides is 1. The third-order valence-electron chi connectivity index (χ3n) is 5.14. The van der Waals surface area contributed by atoms with E-state index in [9.17, 15) is 4.79 Å². The molecule has 2 saturated heterocycles. The molecule has 2 fully saturated rings. The van der Waals surface area contributed by atoms with Crippen molar-refractivity contribution in [2.24, 2.45) is 5.92 Å². The number of hydrogen-bond donors (Lipinski definition) is 2. The standard InChI is InChI=1S/C19H21Cl2N5O/c20-14-10-16(21)18(22-11-14)25-6-8-26(9-7-25)19(27)15-12-23-24-17(15)13-4-2-1-3-5-13/h1-5,10-11,15,17,23-24H,6-9,12H2. The SMILES string of the molecule is O=C(C1CNNC1c1ccccc1)N1CCN(c2ncc(Cl)cc2Cl)CC1. The number of nitrogens with one attached hydrogen (secondary N) is 2. The topological polar surface area (TPSA) is 60.5 Å². The van der Waals surface area contributed by atoms with Crippen molar-refractivity contribution >= 4 is 34.9 Å². The number of carbonyl (C=O) groups excluding carboxylic acids is 1. The van der Waals surface area contributed by atoms with Crippen LogP contribution in [0.5, 0.6) is 0 Å². The van der Waals surface area contributed by atoms with Crippen molar-refractivity contribution in [1.29, 1.82) is 0 Å². The summed E-state index contributed by atoms with van der Waals surface area (Å²) in [6, 6.07) is 11.8. The highest BCUT2D eigenvalue weighted by Gasteiger charge is 2.37. The number of aromatic nitrogens is 1. The van der Waals surface area contributed by atoms with Gasteiger partial charge in [-0.2, -0.15) is 0 Å². The quantitative estimate of drug-likeness (QED) is 0.821. The smallest absolute Gasteiger partial charge is 0.229 e. The van der Waals surface area contributed by atoms with Gasteiger partial charge >= 0.3 is 0 Å². The van der Waals surface area contributed by atoms with Crippen LogP contribution in [0.4, 0.5) is 5.82 Å². The molecule has 2 aliphatic rings. The Morgan fingerprint density at radius 1 is 1.11 bits per heavy atom. The van der Waals surface area contributed by atoms with E-state index in [-0.39, 0.29) is 17.9 Å². The molecule has 2 aliphatic heterocycles. The number of rotatable bonds is 3. The second-order valence-corrected chi connectivity index (χ2v) is 7.64. The minimum absolute atomic E-state index is 0.0101. The minimum Gasteiger partial charge on any atom is -0.352 e. The lowest BCUT2D eigenvalue weighted by molar-refractivity contribution is -0.135. The number of benzene rings is 1. The first-order valence-corrected chi connectivity index (χ1v) is 9.77. The van der Waals surface area contributed by atoms with Gasteiger partial charge in [0.15, 0.2) is 0 Å². The summed E-state index contributed by atoms with van der Waals surface area (Å²) >= 11 is 12.2. The van der Waals surface area contributed by atoms with Gasteiger partial charge in [-0.25, -0.2) is 10.4 Å². The highest BCUT2D eigenvalue weighted by molar-refractivity contribution is 6.36. The Kier molecular flexibility index (Phi) is 5.50. The number of hydrazine groups is 1. The van der Waals surface area contributed by atoms with Crippen LogP contribution in [0.15, 0.2) is 42.6 Å². The van der Waals surface area contributed by atoms with Crippen molar-refractivity contribution in [1.82, 2.24) is 20.7 Å². The summed E-state index contributed by atoms with van der Waals surface area (Å²) < 4.78 is 0. The number of piperazine rings is 1. The number of hydrogen-bond acceptors (Lipinski definition) is 5. The van der Waals surface area contributed by atoms with Crippen molar-refractivity contribution in [2.75, 3.05) is 37.6 Å². The molecule has 2 atom stereocenters. The molecule has 27 heavy (non-hydrogen) atoms. The molecule has 0 saturated carbocycles. The van der Waals surface area contributed by atoms with Crippen LogP contribution in [0.3, 0.4) is 0 Å². The van der Waals surface area contributed by atoms with Gasteiger partial charge in [0.1, 0.15) is 5.82 Å². The van der Waals surface area contributed by atoms with E-state index >= 15 is 0 Å². The summed E-state index contributed by atoms with van der Waals surface area (Å²) in [5, 5.41) is 1.06. The lowest BCUT2D eigenvalue weighted by Crippen LogP contribution is -2.51. The molecule has 3 heterocycles. The summed E-state index contributed by atoms with van der Waals surface area (Å²) in [4.78, 5) is 21.5. The van der Waals surface area contributed by atoms with Crippen LogP contribution in [0.2, 0.25) is 10.0 Å². The third kappa shape index (κ3) is 3.89. The van der Waals surface area contributed by atoms with Gasteiger partial charge in [-0.1, -0.05) is 53.5 Å². The highest BCUT2D eigenvalue weighted by atomic mass is 35.5. The van der Waals surface area contributed by atoms with E-state index in [1.807, 2.05) is 23.1 Å². The first-order chi connectivity index (χ1) is 13.1. The number of halogens is 2. The van der Waals surface area contributed by atoms with E-state index in [1.165, 1.54) is 0 Å². The predicted molar refractivity (Wildman–Crippen MR) is 107 cm³/mol. The van der Waals surface area contributed by atoms with E-state index in [4.69, 9.17) is 23.2 Å². The van der Waals surface area contributed by atoms with Gasteiger partial charge < -0.3 is 9.80 Å². The normalized spacial score (nSPS) is 22.9. The highest BCUT2D eigenvalue weighted by Crippen LogP contribution is 2.29. The Labute approximate surface area is 168 Å². The van der Waals surface area contributed by atoms with Gasteiger partial charge in [0, 0.05) is 38.9 Å². The van der Waals surface area contributed by atoms with Crippen LogP contribution in [-0.2, 0) is 4.79 Å². The van der Waals surface area contributed by atoms with Crippen LogP contribution >= 0.6 is 23.2 Å². The zero-order chi connectivity index (χ0) is 18.8. The van der Waals surface area contributed by atoms with Gasteiger partial charge in [-0.05, 0) is 11.6 Å². The Bertz CT molecular complexity index is 811. The molecule has 2 N–H and O–H groups in total. The minimum atomic E-state index is -0.115. The van der Waals surface area contributed by atoms with Crippen molar-refractivity contribution < 1.29 is 4.79 Å². The number of nitrogens with zero attached hydrogens (tertiary/aromatic N) is 3. The number of anilines is 1. The Morgan fingerprint density at radius 3 is 2.56 bits per heavy atom. The predicted octanol–water partition coefficient (Wildman–Crippen LogP) is 2.50. The first kappa shape index (κ1) is 18.5. The maximum absolute atomic E-state index is 13.1. The average molecular weight is 406 g/mol.